The molecule has 0 saturated carbocycles. The van der Waals surface area contributed by atoms with E-state index in [-0.39, 0.29) is 6.10 Å². The third-order valence-electron chi connectivity index (χ3n) is 3.01. The highest BCUT2D eigenvalue weighted by molar-refractivity contribution is 5.28. The van der Waals surface area contributed by atoms with Crippen LogP contribution in [0.15, 0.2) is 23.8 Å². The first-order valence-electron chi connectivity index (χ1n) is 6.59. The summed E-state index contributed by atoms with van der Waals surface area (Å²) in [5, 5.41) is 9.42. The van der Waals surface area contributed by atoms with E-state index >= 15 is 0 Å². The van der Waals surface area contributed by atoms with E-state index < -0.39 is 30.0 Å². The predicted octanol–water partition coefficient (Wildman–Crippen LogP) is 3.05. The molecule has 0 aromatic rings. The van der Waals surface area contributed by atoms with Gasteiger partial charge in [0, 0.05) is 7.11 Å². The summed E-state index contributed by atoms with van der Waals surface area (Å²) in [4.78, 5) is 0. The Hall–Kier alpha value is -0.780. The summed E-state index contributed by atoms with van der Waals surface area (Å²) in [6.45, 7) is 3.68. The van der Waals surface area contributed by atoms with Gasteiger partial charge < -0.3 is 14.6 Å². The molecule has 2 unspecified atom stereocenters. The first-order valence-corrected chi connectivity index (χ1v) is 6.59. The van der Waals surface area contributed by atoms with Crippen molar-refractivity contribution >= 4 is 0 Å². The number of aliphatic hydroxyl groups is 1. The highest BCUT2D eigenvalue weighted by atomic mass is 19.2. The van der Waals surface area contributed by atoms with Gasteiger partial charge in [0.2, 0.25) is 0 Å². The second-order valence-electron chi connectivity index (χ2n) is 4.83. The van der Waals surface area contributed by atoms with E-state index in [1.165, 1.54) is 7.11 Å². The van der Waals surface area contributed by atoms with Crippen LogP contribution in [0.25, 0.3) is 0 Å². The number of allylic oxidation sites excluding steroid dienone is 2. The Balaban J connectivity index is 2.71. The lowest BCUT2D eigenvalue weighted by Crippen LogP contribution is -2.35. The van der Waals surface area contributed by atoms with Crippen molar-refractivity contribution in [3.05, 3.63) is 23.8 Å². The van der Waals surface area contributed by atoms with Crippen LogP contribution in [-0.4, -0.2) is 36.6 Å². The SMILES string of the molecule is CCCC(C[C@@H](C)O)O[C@@H]1C=C(F)C(F)=CC1OC. The number of aliphatic hydroxyl groups excluding tert-OH is 1. The van der Waals surface area contributed by atoms with E-state index in [4.69, 9.17) is 9.47 Å². The molecule has 110 valence electrons. The highest BCUT2D eigenvalue weighted by Gasteiger charge is 2.28. The van der Waals surface area contributed by atoms with E-state index in [1.54, 1.807) is 6.92 Å². The number of methoxy groups -OCH3 is 1. The second-order valence-corrected chi connectivity index (χ2v) is 4.83. The molecule has 0 radical (unpaired) electrons. The first-order chi connectivity index (χ1) is 8.97. The molecule has 1 rings (SSSR count). The van der Waals surface area contributed by atoms with Gasteiger partial charge in [0.15, 0.2) is 11.7 Å². The zero-order chi connectivity index (χ0) is 14.4. The molecule has 0 spiro atoms. The molecule has 4 atom stereocenters. The van der Waals surface area contributed by atoms with Crippen LogP contribution in [0.3, 0.4) is 0 Å². The minimum atomic E-state index is -0.925. The van der Waals surface area contributed by atoms with Crippen molar-refractivity contribution in [2.45, 2.75) is 57.5 Å². The van der Waals surface area contributed by atoms with Gasteiger partial charge in [0.25, 0.3) is 0 Å². The van der Waals surface area contributed by atoms with E-state index in [1.807, 2.05) is 6.92 Å². The molecular formula is C14H22F2O3. The standard InChI is InChI=1S/C14H22F2O3/c1-4-5-10(6-9(2)17)19-14-8-12(16)11(15)7-13(14)18-3/h7-10,13-14,17H,4-6H2,1-3H3/t9-,10?,13?,14-/m1/s1. The maximum absolute atomic E-state index is 13.3. The first kappa shape index (κ1) is 16.3. The minimum absolute atomic E-state index is 0.203. The van der Waals surface area contributed by atoms with Crippen molar-refractivity contribution in [2.24, 2.45) is 0 Å². The third kappa shape index (κ3) is 5.01. The lowest BCUT2D eigenvalue weighted by atomic mass is 10.0. The molecular weight excluding hydrogens is 254 g/mol. The lowest BCUT2D eigenvalue weighted by molar-refractivity contribution is -0.0684. The fourth-order valence-corrected chi connectivity index (χ4v) is 2.12. The van der Waals surface area contributed by atoms with Crippen LogP contribution in [0.4, 0.5) is 8.78 Å². The number of halogens is 2. The normalized spacial score (nSPS) is 26.6. The third-order valence-corrected chi connectivity index (χ3v) is 3.01. The molecule has 0 aromatic heterocycles. The fourth-order valence-electron chi connectivity index (χ4n) is 2.12. The molecule has 0 heterocycles. The Morgan fingerprint density at radius 2 is 1.84 bits per heavy atom. The maximum Gasteiger partial charge on any atom is 0.157 e. The molecule has 19 heavy (non-hydrogen) atoms. The summed E-state index contributed by atoms with van der Waals surface area (Å²) in [5.41, 5.74) is 0. The zero-order valence-electron chi connectivity index (χ0n) is 11.6. The van der Waals surface area contributed by atoms with Crippen molar-refractivity contribution in [2.75, 3.05) is 7.11 Å². The quantitative estimate of drug-likeness (QED) is 0.776. The van der Waals surface area contributed by atoms with Crippen molar-refractivity contribution in [1.82, 2.24) is 0 Å². The summed E-state index contributed by atoms with van der Waals surface area (Å²) in [6.07, 6.45) is 2.25. The maximum atomic E-state index is 13.3. The molecule has 0 aliphatic heterocycles. The Morgan fingerprint density at radius 3 is 2.32 bits per heavy atom. The topological polar surface area (TPSA) is 38.7 Å². The predicted molar refractivity (Wildman–Crippen MR) is 69.0 cm³/mol. The van der Waals surface area contributed by atoms with Gasteiger partial charge in [0.1, 0.15) is 12.2 Å². The average Bonchev–Trinajstić information content (AvgIpc) is 2.33. The van der Waals surface area contributed by atoms with Gasteiger partial charge in [-0.3, -0.25) is 0 Å². The molecule has 0 bridgehead atoms. The molecule has 1 aliphatic carbocycles. The average molecular weight is 276 g/mol. The van der Waals surface area contributed by atoms with Gasteiger partial charge in [-0.1, -0.05) is 13.3 Å². The summed E-state index contributed by atoms with van der Waals surface area (Å²) >= 11 is 0. The number of hydrogen-bond donors (Lipinski definition) is 1. The Morgan fingerprint density at radius 1 is 1.26 bits per heavy atom. The van der Waals surface area contributed by atoms with Crippen molar-refractivity contribution in [3.63, 3.8) is 0 Å². The molecule has 5 heteroatoms. The second kappa shape index (κ2) is 7.72. The summed E-state index contributed by atoms with van der Waals surface area (Å²) in [5.74, 6) is -1.85. The number of rotatable bonds is 7. The van der Waals surface area contributed by atoms with E-state index in [9.17, 15) is 13.9 Å². The summed E-state index contributed by atoms with van der Waals surface area (Å²) < 4.78 is 37.2. The number of hydrogen-bond acceptors (Lipinski definition) is 3. The van der Waals surface area contributed by atoms with Crippen LogP contribution >= 0.6 is 0 Å². The van der Waals surface area contributed by atoms with E-state index in [2.05, 4.69) is 0 Å². The van der Waals surface area contributed by atoms with Crippen LogP contribution in [0.2, 0.25) is 0 Å². The summed E-state index contributed by atoms with van der Waals surface area (Å²) in [7, 11) is 1.42. The Kier molecular flexibility index (Phi) is 6.62. The number of ether oxygens (including phenoxy) is 2. The van der Waals surface area contributed by atoms with E-state index in [0.717, 1.165) is 25.0 Å². The molecule has 3 nitrogen and oxygen atoms in total. The smallest absolute Gasteiger partial charge is 0.157 e. The van der Waals surface area contributed by atoms with Crippen molar-refractivity contribution in [1.29, 1.82) is 0 Å². The summed E-state index contributed by atoms with van der Waals surface area (Å²) in [6, 6.07) is 0. The van der Waals surface area contributed by atoms with Crippen LogP contribution in [0, 0.1) is 0 Å². The van der Waals surface area contributed by atoms with Crippen LogP contribution in [-0.2, 0) is 9.47 Å². The lowest BCUT2D eigenvalue weighted by Gasteiger charge is -2.29. The molecule has 1 aliphatic rings. The molecule has 0 saturated heterocycles. The minimum Gasteiger partial charge on any atom is -0.393 e. The van der Waals surface area contributed by atoms with Gasteiger partial charge in [-0.15, -0.1) is 0 Å². The fraction of sp³-hybridized carbons (Fsp3) is 0.714. The molecule has 0 aromatic carbocycles. The largest absolute Gasteiger partial charge is 0.393 e. The molecule has 1 N–H and O–H groups in total. The Bertz CT molecular complexity index is 340. The van der Waals surface area contributed by atoms with Crippen LogP contribution in [0.1, 0.15) is 33.1 Å². The molecule has 0 amide bonds. The van der Waals surface area contributed by atoms with Gasteiger partial charge in [-0.25, -0.2) is 8.78 Å². The molecule has 0 fully saturated rings. The van der Waals surface area contributed by atoms with Crippen LogP contribution in [0.5, 0.6) is 0 Å². The van der Waals surface area contributed by atoms with Gasteiger partial charge in [-0.2, -0.15) is 0 Å². The Labute approximate surface area is 112 Å². The van der Waals surface area contributed by atoms with Gasteiger partial charge >= 0.3 is 0 Å². The monoisotopic (exact) mass is 276 g/mol. The van der Waals surface area contributed by atoms with Crippen molar-refractivity contribution in [3.8, 4) is 0 Å². The van der Waals surface area contributed by atoms with Gasteiger partial charge in [0.05, 0.1) is 12.2 Å². The van der Waals surface area contributed by atoms with Gasteiger partial charge in [-0.05, 0) is 31.9 Å². The highest BCUT2D eigenvalue weighted by Crippen LogP contribution is 2.26. The van der Waals surface area contributed by atoms with Crippen LogP contribution < -0.4 is 0 Å². The van der Waals surface area contributed by atoms with Crippen molar-refractivity contribution < 1.29 is 23.4 Å². The van der Waals surface area contributed by atoms with E-state index in [0.29, 0.717) is 6.42 Å². The zero-order valence-corrected chi connectivity index (χ0v) is 11.6.